The summed E-state index contributed by atoms with van der Waals surface area (Å²) in [5.74, 6) is -0.0569. The molecule has 0 spiro atoms. The number of thiol groups is 1. The molecule has 6 heteroatoms. The minimum atomic E-state index is -0.0569. The monoisotopic (exact) mass is 286 g/mol. The topological polar surface area (TPSA) is 44.1 Å². The van der Waals surface area contributed by atoms with E-state index in [0.717, 1.165) is 0 Å². The molecule has 2 rings (SSSR count). The van der Waals surface area contributed by atoms with Crippen molar-refractivity contribution < 1.29 is 4.79 Å². The third-order valence-corrected chi connectivity index (χ3v) is 3.44. The van der Waals surface area contributed by atoms with E-state index < -0.39 is 0 Å². The summed E-state index contributed by atoms with van der Waals surface area (Å²) < 4.78 is 0. The number of carbonyl (C=O) groups is 1. The van der Waals surface area contributed by atoms with E-state index in [0.29, 0.717) is 34.3 Å². The molecule has 3 nitrogen and oxygen atoms in total. The first-order valence-electron chi connectivity index (χ1n) is 4.90. The minimum absolute atomic E-state index is 0.00900. The summed E-state index contributed by atoms with van der Waals surface area (Å²) in [7, 11) is 0. The highest BCUT2D eigenvalue weighted by Gasteiger charge is 2.31. The Morgan fingerprint density at radius 2 is 2.00 bits per heavy atom. The second-order valence-corrected chi connectivity index (χ2v) is 5.31. The third kappa shape index (κ3) is 2.37. The first-order chi connectivity index (χ1) is 8.02. The van der Waals surface area contributed by atoms with Crippen LogP contribution < -0.4 is 4.90 Å². The van der Waals surface area contributed by atoms with Crippen molar-refractivity contribution in [1.29, 1.82) is 5.26 Å². The molecule has 0 radical (unpaired) electrons. The van der Waals surface area contributed by atoms with Crippen LogP contribution in [-0.2, 0) is 4.79 Å². The van der Waals surface area contributed by atoms with Crippen molar-refractivity contribution in [2.75, 3.05) is 11.4 Å². The number of hydrogen-bond donors (Lipinski definition) is 1. The number of halogens is 2. The molecule has 1 atom stereocenters. The van der Waals surface area contributed by atoms with Gasteiger partial charge >= 0.3 is 0 Å². The van der Waals surface area contributed by atoms with Gasteiger partial charge in [-0.3, -0.25) is 4.79 Å². The van der Waals surface area contributed by atoms with Crippen LogP contribution in [0.1, 0.15) is 12.0 Å². The van der Waals surface area contributed by atoms with Crippen LogP contribution in [0.4, 0.5) is 5.69 Å². The van der Waals surface area contributed by atoms with Gasteiger partial charge in [0.25, 0.3) is 0 Å². The first kappa shape index (κ1) is 12.6. The summed E-state index contributed by atoms with van der Waals surface area (Å²) in [6.07, 6.45) is 0.371. The molecule has 0 aliphatic carbocycles. The molecule has 1 saturated heterocycles. The van der Waals surface area contributed by atoms with E-state index in [1.54, 1.807) is 0 Å². The van der Waals surface area contributed by atoms with Gasteiger partial charge in [-0.15, -0.1) is 0 Å². The molecular formula is C11H8Cl2N2OS. The summed E-state index contributed by atoms with van der Waals surface area (Å²) in [5, 5.41) is 9.39. The predicted octanol–water partition coefficient (Wildman–Crippen LogP) is 2.90. The van der Waals surface area contributed by atoms with Gasteiger partial charge in [0.05, 0.1) is 27.4 Å². The Balaban J connectivity index is 2.47. The van der Waals surface area contributed by atoms with E-state index in [1.807, 2.05) is 6.07 Å². The largest absolute Gasteiger partial charge is 0.308 e. The highest BCUT2D eigenvalue weighted by Crippen LogP contribution is 2.37. The Bertz CT molecular complexity index is 504. The normalized spacial score (nSPS) is 19.5. The van der Waals surface area contributed by atoms with Crippen LogP contribution in [0.5, 0.6) is 0 Å². The van der Waals surface area contributed by atoms with E-state index in [1.165, 1.54) is 17.0 Å². The Morgan fingerprint density at radius 1 is 1.41 bits per heavy atom. The summed E-state index contributed by atoms with van der Waals surface area (Å²) >= 11 is 16.4. The van der Waals surface area contributed by atoms with Crippen LogP contribution in [0.15, 0.2) is 12.1 Å². The van der Waals surface area contributed by atoms with Crippen molar-refractivity contribution in [2.45, 2.75) is 11.7 Å². The fourth-order valence-corrected chi connectivity index (χ4v) is 2.80. The van der Waals surface area contributed by atoms with Crippen LogP contribution in [0.25, 0.3) is 0 Å². The maximum absolute atomic E-state index is 11.7. The molecule has 1 fully saturated rings. The molecule has 0 saturated carbocycles. The maximum Gasteiger partial charge on any atom is 0.228 e. The lowest BCUT2D eigenvalue weighted by atomic mass is 10.2. The molecular weight excluding hydrogens is 279 g/mol. The Labute approximate surface area is 114 Å². The van der Waals surface area contributed by atoms with E-state index in [2.05, 4.69) is 12.6 Å². The van der Waals surface area contributed by atoms with E-state index in [4.69, 9.17) is 28.5 Å². The molecule has 1 amide bonds. The lowest BCUT2D eigenvalue weighted by Crippen LogP contribution is -2.25. The number of anilines is 1. The quantitative estimate of drug-likeness (QED) is 0.807. The Kier molecular flexibility index (Phi) is 3.53. The van der Waals surface area contributed by atoms with Crippen LogP contribution in [0, 0.1) is 11.3 Å². The molecule has 1 aromatic carbocycles. The van der Waals surface area contributed by atoms with E-state index in [9.17, 15) is 4.79 Å². The summed E-state index contributed by atoms with van der Waals surface area (Å²) in [6.45, 7) is 0.479. The molecule has 0 bridgehead atoms. The van der Waals surface area contributed by atoms with Gasteiger partial charge in [0, 0.05) is 18.2 Å². The van der Waals surface area contributed by atoms with E-state index >= 15 is 0 Å². The lowest BCUT2D eigenvalue weighted by molar-refractivity contribution is -0.117. The van der Waals surface area contributed by atoms with Crippen molar-refractivity contribution >= 4 is 47.4 Å². The third-order valence-electron chi connectivity index (χ3n) is 2.52. The second kappa shape index (κ2) is 4.77. The van der Waals surface area contributed by atoms with Crippen molar-refractivity contribution in [1.82, 2.24) is 0 Å². The molecule has 0 N–H and O–H groups in total. The molecule has 1 aliphatic heterocycles. The van der Waals surface area contributed by atoms with Gasteiger partial charge in [-0.2, -0.15) is 17.9 Å². The van der Waals surface area contributed by atoms with Gasteiger partial charge in [-0.1, -0.05) is 23.2 Å². The number of nitrogens with zero attached hydrogens (tertiary/aromatic N) is 2. The maximum atomic E-state index is 11.7. The molecule has 1 unspecified atom stereocenters. The molecule has 88 valence electrons. The average Bonchev–Trinajstić information content (AvgIpc) is 2.57. The van der Waals surface area contributed by atoms with Crippen molar-refractivity contribution in [3.8, 4) is 6.07 Å². The van der Waals surface area contributed by atoms with Gasteiger partial charge in [0.2, 0.25) is 5.91 Å². The number of rotatable bonds is 1. The molecule has 17 heavy (non-hydrogen) atoms. The molecule has 1 aromatic rings. The zero-order chi connectivity index (χ0) is 12.6. The van der Waals surface area contributed by atoms with Crippen LogP contribution >= 0.6 is 35.8 Å². The standard InChI is InChI=1S/C11H8Cl2N2OS/c12-8-1-6(4-14)2-9(13)11(8)15-5-7(17)3-10(15)16/h1-2,7,17H,3,5H2. The van der Waals surface area contributed by atoms with Crippen LogP contribution in [-0.4, -0.2) is 17.7 Å². The number of hydrogen-bond acceptors (Lipinski definition) is 3. The van der Waals surface area contributed by atoms with Crippen molar-refractivity contribution in [2.24, 2.45) is 0 Å². The minimum Gasteiger partial charge on any atom is -0.308 e. The summed E-state index contributed by atoms with van der Waals surface area (Å²) in [5.41, 5.74) is 0.840. The lowest BCUT2D eigenvalue weighted by Gasteiger charge is -2.19. The van der Waals surface area contributed by atoms with Gasteiger partial charge in [0.1, 0.15) is 0 Å². The summed E-state index contributed by atoms with van der Waals surface area (Å²) in [4.78, 5) is 13.3. The fraction of sp³-hybridized carbons (Fsp3) is 0.273. The van der Waals surface area contributed by atoms with Crippen LogP contribution in [0.3, 0.4) is 0 Å². The van der Waals surface area contributed by atoms with Crippen LogP contribution in [0.2, 0.25) is 10.0 Å². The fourth-order valence-electron chi connectivity index (χ4n) is 1.79. The smallest absolute Gasteiger partial charge is 0.228 e. The van der Waals surface area contributed by atoms with Gasteiger partial charge in [-0.25, -0.2) is 0 Å². The predicted molar refractivity (Wildman–Crippen MR) is 70.9 cm³/mol. The van der Waals surface area contributed by atoms with Gasteiger partial charge in [0.15, 0.2) is 0 Å². The number of amides is 1. The highest BCUT2D eigenvalue weighted by molar-refractivity contribution is 7.81. The second-order valence-electron chi connectivity index (χ2n) is 3.76. The number of carbonyl (C=O) groups excluding carboxylic acids is 1. The van der Waals surface area contributed by atoms with Gasteiger partial charge in [-0.05, 0) is 12.1 Å². The van der Waals surface area contributed by atoms with Crippen molar-refractivity contribution in [3.63, 3.8) is 0 Å². The first-order valence-corrected chi connectivity index (χ1v) is 6.17. The zero-order valence-corrected chi connectivity index (χ0v) is 11.1. The van der Waals surface area contributed by atoms with E-state index in [-0.39, 0.29) is 11.2 Å². The zero-order valence-electron chi connectivity index (χ0n) is 8.65. The molecule has 0 aromatic heterocycles. The van der Waals surface area contributed by atoms with Gasteiger partial charge < -0.3 is 4.90 Å². The number of benzene rings is 1. The SMILES string of the molecule is N#Cc1cc(Cl)c(N2CC(S)CC2=O)c(Cl)c1. The average molecular weight is 287 g/mol. The Hall–Kier alpha value is -0.890. The summed E-state index contributed by atoms with van der Waals surface area (Å²) in [6, 6.07) is 4.96. The highest BCUT2D eigenvalue weighted by atomic mass is 35.5. The van der Waals surface area contributed by atoms with Crippen molar-refractivity contribution in [3.05, 3.63) is 27.7 Å². The molecule has 1 heterocycles. The number of nitriles is 1. The molecule has 1 aliphatic rings. The Morgan fingerprint density at radius 3 is 2.41 bits per heavy atom.